The molecule has 0 radical (unpaired) electrons. The molecule has 1 fully saturated rings. The quantitative estimate of drug-likeness (QED) is 0.570. The Morgan fingerprint density at radius 2 is 1.94 bits per heavy atom. The summed E-state index contributed by atoms with van der Waals surface area (Å²) in [4.78, 5) is 14.3. The van der Waals surface area contributed by atoms with Crippen molar-refractivity contribution >= 4 is 48.3 Å². The summed E-state index contributed by atoms with van der Waals surface area (Å²) in [5.74, 6) is 1.50. The van der Waals surface area contributed by atoms with Crippen LogP contribution in [0.4, 0.5) is 5.69 Å². The Labute approximate surface area is 187 Å². The molecule has 1 saturated heterocycles. The van der Waals surface area contributed by atoms with Gasteiger partial charge in [-0.15, -0.1) is 0 Å². The molecule has 2 N–H and O–H groups in total. The SMILES string of the molecule is CC1C(=O)NN=C2COc3cc(-c4ccc5ccccc5c4)c([AsH]C4CNC4)cc3N21. The number of fused-ring (bicyclic) bond motifs is 4. The summed E-state index contributed by atoms with van der Waals surface area (Å²) in [6, 6.07) is 19.3. The fourth-order valence-corrected chi connectivity index (χ4v) is 7.60. The van der Waals surface area contributed by atoms with Crippen molar-refractivity contribution in [2.24, 2.45) is 5.10 Å². The van der Waals surface area contributed by atoms with Crippen molar-refractivity contribution in [3.05, 3.63) is 54.6 Å². The van der Waals surface area contributed by atoms with E-state index in [1.54, 1.807) is 0 Å². The van der Waals surface area contributed by atoms with Crippen molar-refractivity contribution in [1.82, 2.24) is 10.7 Å². The van der Waals surface area contributed by atoms with Gasteiger partial charge < -0.3 is 0 Å². The maximum absolute atomic E-state index is 12.3. The van der Waals surface area contributed by atoms with Crippen LogP contribution in [-0.2, 0) is 4.79 Å². The summed E-state index contributed by atoms with van der Waals surface area (Å²) in [5.41, 5.74) is 6.05. The van der Waals surface area contributed by atoms with Crippen LogP contribution in [0.2, 0.25) is 4.71 Å². The van der Waals surface area contributed by atoms with Crippen LogP contribution in [0.3, 0.4) is 0 Å². The van der Waals surface area contributed by atoms with Crippen molar-refractivity contribution in [3.63, 3.8) is 0 Å². The molecule has 3 heterocycles. The van der Waals surface area contributed by atoms with Crippen molar-refractivity contribution < 1.29 is 9.53 Å². The van der Waals surface area contributed by atoms with Crippen molar-refractivity contribution in [2.75, 3.05) is 24.6 Å². The summed E-state index contributed by atoms with van der Waals surface area (Å²) in [6.07, 6.45) is 0. The van der Waals surface area contributed by atoms with Gasteiger partial charge in [-0.2, -0.15) is 0 Å². The predicted octanol–water partition coefficient (Wildman–Crippen LogP) is 1.99. The molecule has 31 heavy (non-hydrogen) atoms. The molecule has 3 aromatic carbocycles. The zero-order chi connectivity index (χ0) is 20.9. The zero-order valence-corrected chi connectivity index (χ0v) is 19.3. The number of hydrazone groups is 1. The van der Waals surface area contributed by atoms with E-state index < -0.39 is 0 Å². The van der Waals surface area contributed by atoms with Crippen LogP contribution in [0.25, 0.3) is 21.9 Å². The molecule has 6 nitrogen and oxygen atoms in total. The first-order valence-corrected chi connectivity index (χ1v) is 12.9. The van der Waals surface area contributed by atoms with E-state index >= 15 is 0 Å². The van der Waals surface area contributed by atoms with Crippen LogP contribution in [0, 0.1) is 0 Å². The number of rotatable bonds is 3. The van der Waals surface area contributed by atoms with Gasteiger partial charge in [0.15, 0.2) is 0 Å². The van der Waals surface area contributed by atoms with Gasteiger partial charge in [0.25, 0.3) is 0 Å². The third-order valence-electron chi connectivity index (χ3n) is 6.26. The number of ether oxygens (including phenoxy) is 1. The second kappa shape index (κ2) is 7.40. The standard InChI is InChI=1S/C24H23AsN4O2/c1-14-24(30)28-27-23-13-31-22-9-19(17-7-6-15-4-2-3-5-16(15)8-17)20(10-21(22)29(14)23)25-18-11-26-12-18/h2-10,14,18,25-26H,11-13H2,1H3,(H,28,30). The number of carbonyl (C=O) groups excluding carboxylic acids is 1. The number of hydrogen-bond donors (Lipinski definition) is 2. The van der Waals surface area contributed by atoms with Crippen molar-refractivity contribution in [1.29, 1.82) is 0 Å². The molecular formula is C24H23AsN4O2. The van der Waals surface area contributed by atoms with Gasteiger partial charge >= 0.3 is 187 Å². The second-order valence-electron chi connectivity index (χ2n) is 8.27. The fourth-order valence-electron chi connectivity index (χ4n) is 4.40. The molecule has 7 heteroatoms. The number of benzene rings is 3. The van der Waals surface area contributed by atoms with E-state index in [4.69, 9.17) is 4.74 Å². The Morgan fingerprint density at radius 1 is 1.10 bits per heavy atom. The first kappa shape index (κ1) is 18.9. The number of amides is 1. The Balaban J connectivity index is 1.50. The molecular weight excluding hydrogens is 451 g/mol. The Hall–Kier alpha value is -2.82. The molecule has 156 valence electrons. The van der Waals surface area contributed by atoms with E-state index in [1.165, 1.54) is 26.3 Å². The van der Waals surface area contributed by atoms with Gasteiger partial charge in [-0.1, -0.05) is 0 Å². The van der Waals surface area contributed by atoms with E-state index in [2.05, 4.69) is 70.4 Å². The molecule has 3 aliphatic rings. The summed E-state index contributed by atoms with van der Waals surface area (Å²) in [6.45, 7) is 4.47. The number of anilines is 1. The Morgan fingerprint density at radius 3 is 2.74 bits per heavy atom. The molecule has 0 bridgehead atoms. The third-order valence-corrected chi connectivity index (χ3v) is 9.49. The van der Waals surface area contributed by atoms with Gasteiger partial charge in [0.05, 0.1) is 0 Å². The van der Waals surface area contributed by atoms with Crippen molar-refractivity contribution in [3.8, 4) is 16.9 Å². The van der Waals surface area contributed by atoms with Crippen LogP contribution in [-0.4, -0.2) is 53.2 Å². The number of hydrogen-bond acceptors (Lipinski definition) is 5. The third kappa shape index (κ3) is 3.22. The molecule has 0 spiro atoms. The van der Waals surface area contributed by atoms with Gasteiger partial charge in [0.2, 0.25) is 0 Å². The summed E-state index contributed by atoms with van der Waals surface area (Å²) in [7, 11) is 0. The number of carbonyl (C=O) groups is 1. The van der Waals surface area contributed by atoms with Gasteiger partial charge in [-0.05, 0) is 0 Å². The molecule has 6 rings (SSSR count). The van der Waals surface area contributed by atoms with Crippen LogP contribution in [0.1, 0.15) is 6.92 Å². The normalized spacial score (nSPS) is 20.7. The Bertz CT molecular complexity index is 1240. The van der Waals surface area contributed by atoms with E-state index in [1.807, 2.05) is 11.8 Å². The zero-order valence-electron chi connectivity index (χ0n) is 17.2. The summed E-state index contributed by atoms with van der Waals surface area (Å²) >= 11 is -0.356. The molecule has 3 aliphatic heterocycles. The van der Waals surface area contributed by atoms with Crippen LogP contribution in [0.5, 0.6) is 5.75 Å². The number of amidine groups is 1. The van der Waals surface area contributed by atoms with E-state index in [-0.39, 0.29) is 27.7 Å². The monoisotopic (exact) mass is 474 g/mol. The van der Waals surface area contributed by atoms with Gasteiger partial charge in [0, 0.05) is 0 Å². The van der Waals surface area contributed by atoms with Crippen molar-refractivity contribution in [2.45, 2.75) is 17.7 Å². The Kier molecular flexibility index (Phi) is 4.51. The predicted molar refractivity (Wildman–Crippen MR) is 126 cm³/mol. The average Bonchev–Trinajstić information content (AvgIpc) is 2.77. The van der Waals surface area contributed by atoms with E-state index in [0.717, 1.165) is 35.1 Å². The molecule has 2 unspecified atom stereocenters. The van der Waals surface area contributed by atoms with Crippen LogP contribution in [0.15, 0.2) is 59.7 Å². The minimum atomic E-state index is -0.356. The van der Waals surface area contributed by atoms with Gasteiger partial charge in [-0.3, -0.25) is 0 Å². The first-order valence-electron chi connectivity index (χ1n) is 10.6. The van der Waals surface area contributed by atoms with Gasteiger partial charge in [0.1, 0.15) is 0 Å². The maximum atomic E-state index is 12.3. The minimum absolute atomic E-state index is 0.0871. The molecule has 0 aliphatic carbocycles. The van der Waals surface area contributed by atoms with Crippen LogP contribution >= 0.6 is 0 Å². The first-order chi connectivity index (χ1) is 15.2. The molecule has 2 atom stereocenters. The fraction of sp³-hybridized carbons (Fsp3) is 0.250. The van der Waals surface area contributed by atoms with Gasteiger partial charge in [-0.25, -0.2) is 0 Å². The average molecular weight is 474 g/mol. The summed E-state index contributed by atoms with van der Waals surface area (Å²) < 4.78 is 8.26. The second-order valence-corrected chi connectivity index (χ2v) is 11.7. The topological polar surface area (TPSA) is 66.0 Å². The van der Waals surface area contributed by atoms with Crippen LogP contribution < -0.4 is 24.7 Å². The number of nitrogens with zero attached hydrogens (tertiary/aromatic N) is 2. The molecule has 1 amide bonds. The van der Waals surface area contributed by atoms with E-state index in [0.29, 0.717) is 6.61 Å². The van der Waals surface area contributed by atoms with E-state index in [9.17, 15) is 4.79 Å². The molecule has 0 saturated carbocycles. The number of nitrogens with one attached hydrogen (secondary N) is 2. The molecule has 3 aromatic rings. The summed E-state index contributed by atoms with van der Waals surface area (Å²) in [5, 5.41) is 10.1. The molecule has 0 aromatic heterocycles.